The number of hydrogen-bond donors (Lipinski definition) is 3. The van der Waals surface area contributed by atoms with Gasteiger partial charge >= 0.3 is 0 Å². The zero-order chi connectivity index (χ0) is 19.2. The molecule has 0 spiro atoms. The van der Waals surface area contributed by atoms with Gasteiger partial charge in [-0.05, 0) is 24.3 Å². The predicted molar refractivity (Wildman–Crippen MR) is 101 cm³/mol. The highest BCUT2D eigenvalue weighted by atomic mass is 16.3. The molecule has 140 valence electrons. The highest BCUT2D eigenvalue weighted by molar-refractivity contribution is 6.00. The third-order valence-electron chi connectivity index (χ3n) is 4.34. The highest BCUT2D eigenvalue weighted by Crippen LogP contribution is 2.24. The van der Waals surface area contributed by atoms with E-state index in [-0.39, 0.29) is 42.9 Å². The number of carbonyl (C=O) groups is 3. The van der Waals surface area contributed by atoms with Crippen molar-refractivity contribution in [2.24, 2.45) is 5.92 Å². The number of phenolic OH excluding ortho intramolecular Hbond substituents is 1. The fourth-order valence-corrected chi connectivity index (χ4v) is 2.99. The molecule has 0 saturated carbocycles. The number of nitrogens with zero attached hydrogens (tertiary/aromatic N) is 1. The van der Waals surface area contributed by atoms with Gasteiger partial charge in [0.05, 0.1) is 5.92 Å². The maximum absolute atomic E-state index is 12.3. The first kappa shape index (κ1) is 18.4. The highest BCUT2D eigenvalue weighted by Gasteiger charge is 2.34. The minimum atomic E-state index is -0.424. The molecule has 0 bridgehead atoms. The normalized spacial score (nSPS) is 16.2. The zero-order valence-electron chi connectivity index (χ0n) is 14.7. The van der Waals surface area contributed by atoms with Gasteiger partial charge in [0, 0.05) is 43.4 Å². The van der Waals surface area contributed by atoms with E-state index in [0.717, 1.165) is 5.69 Å². The van der Waals surface area contributed by atoms with Gasteiger partial charge in [-0.3, -0.25) is 14.4 Å². The average Bonchev–Trinajstić information content (AvgIpc) is 3.04. The van der Waals surface area contributed by atoms with E-state index in [1.165, 1.54) is 12.1 Å². The standard InChI is InChI=1S/C20H21N3O4/c24-17-8-4-5-15(12-17)22-18(25)9-10-21-20(27)14-11-19(26)23(13-14)16-6-2-1-3-7-16/h1-8,12,14,24H,9-11,13H2,(H,21,27)(H,22,25)/t14-/m0/s1. The van der Waals surface area contributed by atoms with Gasteiger partial charge in [0.2, 0.25) is 17.7 Å². The minimum Gasteiger partial charge on any atom is -0.508 e. The molecule has 7 nitrogen and oxygen atoms in total. The number of nitrogens with one attached hydrogen (secondary N) is 2. The minimum absolute atomic E-state index is 0.0648. The van der Waals surface area contributed by atoms with Gasteiger partial charge in [0.1, 0.15) is 5.75 Å². The molecule has 1 aliphatic rings. The Morgan fingerprint density at radius 1 is 1.11 bits per heavy atom. The van der Waals surface area contributed by atoms with Crippen molar-refractivity contribution >= 4 is 29.1 Å². The summed E-state index contributed by atoms with van der Waals surface area (Å²) in [6, 6.07) is 15.5. The summed E-state index contributed by atoms with van der Waals surface area (Å²) in [4.78, 5) is 38.0. The van der Waals surface area contributed by atoms with E-state index in [9.17, 15) is 19.5 Å². The molecule has 1 saturated heterocycles. The number of aromatic hydroxyl groups is 1. The van der Waals surface area contributed by atoms with Gasteiger partial charge in [-0.25, -0.2) is 0 Å². The van der Waals surface area contributed by atoms with Crippen LogP contribution in [0.25, 0.3) is 0 Å². The molecule has 0 aliphatic carbocycles. The average molecular weight is 367 g/mol. The number of anilines is 2. The number of carbonyl (C=O) groups excluding carboxylic acids is 3. The molecule has 3 amide bonds. The lowest BCUT2D eigenvalue weighted by Crippen LogP contribution is -2.34. The molecule has 1 atom stereocenters. The van der Waals surface area contributed by atoms with Crippen molar-refractivity contribution in [3.05, 3.63) is 54.6 Å². The van der Waals surface area contributed by atoms with Crippen LogP contribution in [0.5, 0.6) is 5.75 Å². The Balaban J connectivity index is 1.44. The van der Waals surface area contributed by atoms with Crippen molar-refractivity contribution in [2.45, 2.75) is 12.8 Å². The van der Waals surface area contributed by atoms with Crippen LogP contribution in [0.2, 0.25) is 0 Å². The topological polar surface area (TPSA) is 98.7 Å². The molecule has 0 aromatic heterocycles. The quantitative estimate of drug-likeness (QED) is 0.726. The number of para-hydroxylation sites is 1. The maximum atomic E-state index is 12.3. The van der Waals surface area contributed by atoms with E-state index in [2.05, 4.69) is 10.6 Å². The van der Waals surface area contributed by atoms with Crippen LogP contribution in [0.1, 0.15) is 12.8 Å². The first-order valence-corrected chi connectivity index (χ1v) is 8.75. The van der Waals surface area contributed by atoms with Crippen molar-refractivity contribution in [2.75, 3.05) is 23.3 Å². The van der Waals surface area contributed by atoms with Crippen molar-refractivity contribution in [1.29, 1.82) is 0 Å². The molecule has 1 heterocycles. The first-order chi connectivity index (χ1) is 13.0. The summed E-state index contributed by atoms with van der Waals surface area (Å²) in [5.41, 5.74) is 1.27. The van der Waals surface area contributed by atoms with Gasteiger partial charge in [0.25, 0.3) is 0 Å². The molecule has 0 radical (unpaired) electrons. The number of amides is 3. The van der Waals surface area contributed by atoms with Crippen LogP contribution in [-0.4, -0.2) is 35.9 Å². The molecular weight excluding hydrogens is 346 g/mol. The molecular formula is C20H21N3O4. The van der Waals surface area contributed by atoms with Gasteiger partial charge in [0.15, 0.2) is 0 Å². The van der Waals surface area contributed by atoms with Gasteiger partial charge in [-0.1, -0.05) is 24.3 Å². The first-order valence-electron chi connectivity index (χ1n) is 8.75. The van der Waals surface area contributed by atoms with Crippen LogP contribution in [-0.2, 0) is 14.4 Å². The largest absolute Gasteiger partial charge is 0.508 e. The van der Waals surface area contributed by atoms with Crippen LogP contribution in [0, 0.1) is 5.92 Å². The van der Waals surface area contributed by atoms with E-state index in [1.807, 2.05) is 30.3 Å². The lowest BCUT2D eigenvalue weighted by Gasteiger charge is -2.16. The molecule has 1 fully saturated rings. The van der Waals surface area contributed by atoms with E-state index in [4.69, 9.17) is 0 Å². The molecule has 3 N–H and O–H groups in total. The second-order valence-electron chi connectivity index (χ2n) is 6.38. The predicted octanol–water partition coefficient (Wildman–Crippen LogP) is 1.89. The Bertz CT molecular complexity index is 838. The SMILES string of the molecule is O=C(CCNC(=O)[C@H]1CC(=O)N(c2ccccc2)C1)Nc1cccc(O)c1. The van der Waals surface area contributed by atoms with Crippen LogP contribution in [0.15, 0.2) is 54.6 Å². The fourth-order valence-electron chi connectivity index (χ4n) is 2.99. The third-order valence-corrected chi connectivity index (χ3v) is 4.34. The second kappa shape index (κ2) is 8.35. The maximum Gasteiger partial charge on any atom is 0.227 e. The van der Waals surface area contributed by atoms with Crippen molar-refractivity contribution in [3.63, 3.8) is 0 Å². The van der Waals surface area contributed by atoms with Crippen LogP contribution in [0.4, 0.5) is 11.4 Å². The van der Waals surface area contributed by atoms with E-state index >= 15 is 0 Å². The van der Waals surface area contributed by atoms with E-state index in [1.54, 1.807) is 17.0 Å². The number of phenols is 1. The van der Waals surface area contributed by atoms with Crippen molar-refractivity contribution in [1.82, 2.24) is 5.32 Å². The Hall–Kier alpha value is -3.35. The summed E-state index contributed by atoms with van der Waals surface area (Å²) in [6.07, 6.45) is 0.265. The second-order valence-corrected chi connectivity index (χ2v) is 6.38. The number of hydrogen-bond acceptors (Lipinski definition) is 4. The monoisotopic (exact) mass is 367 g/mol. The zero-order valence-corrected chi connectivity index (χ0v) is 14.7. The Kier molecular flexibility index (Phi) is 5.71. The van der Waals surface area contributed by atoms with Crippen molar-refractivity contribution < 1.29 is 19.5 Å². The molecule has 2 aromatic carbocycles. The molecule has 3 rings (SSSR count). The summed E-state index contributed by atoms with van der Waals surface area (Å²) < 4.78 is 0. The lowest BCUT2D eigenvalue weighted by atomic mass is 10.1. The van der Waals surface area contributed by atoms with Crippen molar-refractivity contribution in [3.8, 4) is 5.75 Å². The molecule has 27 heavy (non-hydrogen) atoms. The summed E-state index contributed by atoms with van der Waals surface area (Å²) in [5, 5.41) is 14.7. The smallest absolute Gasteiger partial charge is 0.227 e. The lowest BCUT2D eigenvalue weighted by molar-refractivity contribution is -0.126. The summed E-state index contributed by atoms with van der Waals surface area (Å²) >= 11 is 0. The summed E-state index contributed by atoms with van der Waals surface area (Å²) in [6.45, 7) is 0.518. The number of rotatable bonds is 6. The van der Waals surface area contributed by atoms with Gasteiger partial charge in [-0.15, -0.1) is 0 Å². The number of benzene rings is 2. The van der Waals surface area contributed by atoms with Gasteiger partial charge in [-0.2, -0.15) is 0 Å². The third kappa shape index (κ3) is 4.84. The van der Waals surface area contributed by atoms with E-state index < -0.39 is 5.92 Å². The summed E-state index contributed by atoms with van der Waals surface area (Å²) in [7, 11) is 0. The Morgan fingerprint density at radius 2 is 1.89 bits per heavy atom. The fraction of sp³-hybridized carbons (Fsp3) is 0.250. The Morgan fingerprint density at radius 3 is 2.63 bits per heavy atom. The summed E-state index contributed by atoms with van der Waals surface area (Å²) in [5.74, 6) is -0.939. The van der Waals surface area contributed by atoms with Gasteiger partial charge < -0.3 is 20.6 Å². The van der Waals surface area contributed by atoms with Crippen LogP contribution in [0.3, 0.4) is 0 Å². The molecule has 1 aliphatic heterocycles. The van der Waals surface area contributed by atoms with E-state index in [0.29, 0.717) is 12.2 Å². The molecule has 0 unspecified atom stereocenters. The van der Waals surface area contributed by atoms with Crippen LogP contribution >= 0.6 is 0 Å². The Labute approximate surface area is 157 Å². The van der Waals surface area contributed by atoms with Crippen LogP contribution < -0.4 is 15.5 Å². The molecule has 7 heteroatoms. The molecule has 2 aromatic rings.